The van der Waals surface area contributed by atoms with Crippen LogP contribution < -0.4 is 11.5 Å². The van der Waals surface area contributed by atoms with Crippen molar-refractivity contribution in [1.29, 1.82) is 0 Å². The standard InChI is InChI=1S/2C3H7NO2/c1-2(5)3(4)6;1-2(4)3(5)6/h2,5H,1H3,(H2,4,6);2H,4H2,1H3,(H,5,6). The number of carboxylic acid groups (broad SMARTS) is 1. The molecule has 6 nitrogen and oxygen atoms in total. The first-order valence-corrected chi connectivity index (χ1v) is 3.24. The number of primary amides is 1. The van der Waals surface area contributed by atoms with Gasteiger partial charge in [-0.1, -0.05) is 0 Å². The molecule has 0 radical (unpaired) electrons. The van der Waals surface area contributed by atoms with Gasteiger partial charge in [0.25, 0.3) is 0 Å². The van der Waals surface area contributed by atoms with E-state index in [9.17, 15) is 9.59 Å². The minimum absolute atomic E-state index is 0.685. The third-order valence-electron chi connectivity index (χ3n) is 0.801. The fourth-order valence-electron chi connectivity index (χ4n) is 0. The number of nitrogens with two attached hydrogens (primary N) is 2. The lowest BCUT2D eigenvalue weighted by Gasteiger charge is -1.90. The van der Waals surface area contributed by atoms with Crippen LogP contribution in [0.15, 0.2) is 0 Å². The van der Waals surface area contributed by atoms with Gasteiger partial charge < -0.3 is 21.7 Å². The predicted octanol–water partition coefficient (Wildman–Crippen LogP) is -1.73. The normalized spacial score (nSPS) is 13.7. The van der Waals surface area contributed by atoms with Gasteiger partial charge in [-0.25, -0.2) is 0 Å². The maximum absolute atomic E-state index is 9.67. The fourth-order valence-corrected chi connectivity index (χ4v) is 0. The summed E-state index contributed by atoms with van der Waals surface area (Å²) in [6.45, 7) is 2.74. The molecule has 12 heavy (non-hydrogen) atoms. The van der Waals surface area contributed by atoms with E-state index in [0.29, 0.717) is 0 Å². The minimum Gasteiger partial charge on any atom is -0.480 e. The molecule has 0 saturated heterocycles. The summed E-state index contributed by atoms with van der Waals surface area (Å²) in [7, 11) is 0. The van der Waals surface area contributed by atoms with Crippen molar-refractivity contribution in [3.63, 3.8) is 0 Å². The topological polar surface area (TPSA) is 127 Å². The average molecular weight is 178 g/mol. The molecule has 0 aliphatic rings. The van der Waals surface area contributed by atoms with Crippen molar-refractivity contribution in [3.8, 4) is 0 Å². The summed E-state index contributed by atoms with van der Waals surface area (Å²) >= 11 is 0. The van der Waals surface area contributed by atoms with E-state index in [1.165, 1.54) is 13.8 Å². The van der Waals surface area contributed by atoms with Crippen molar-refractivity contribution in [3.05, 3.63) is 0 Å². The van der Waals surface area contributed by atoms with Crippen LogP contribution in [0.3, 0.4) is 0 Å². The second kappa shape index (κ2) is 6.56. The average Bonchev–Trinajstić information content (AvgIpc) is 1.88. The van der Waals surface area contributed by atoms with Crippen LogP contribution in [0, 0.1) is 0 Å². The number of rotatable bonds is 2. The number of hydrogen-bond donors (Lipinski definition) is 4. The highest BCUT2D eigenvalue weighted by atomic mass is 16.4. The molecule has 0 bridgehead atoms. The molecule has 2 atom stereocenters. The van der Waals surface area contributed by atoms with Gasteiger partial charge in [0.05, 0.1) is 0 Å². The molecule has 72 valence electrons. The summed E-state index contributed by atoms with van der Waals surface area (Å²) in [6.07, 6.45) is -1.01. The summed E-state index contributed by atoms with van der Waals surface area (Å²) in [5.74, 6) is -1.65. The predicted molar refractivity (Wildman–Crippen MR) is 42.2 cm³/mol. The van der Waals surface area contributed by atoms with Crippen LogP contribution in [0.4, 0.5) is 0 Å². The molecular weight excluding hydrogens is 164 g/mol. The van der Waals surface area contributed by atoms with Crippen LogP contribution in [0.5, 0.6) is 0 Å². The van der Waals surface area contributed by atoms with E-state index in [4.69, 9.17) is 15.9 Å². The van der Waals surface area contributed by atoms with Crippen LogP contribution in [0.1, 0.15) is 13.8 Å². The van der Waals surface area contributed by atoms with E-state index in [1.54, 1.807) is 0 Å². The number of aliphatic hydroxyl groups is 1. The number of carbonyl (C=O) groups is 2. The number of carbonyl (C=O) groups excluding carboxylic acids is 1. The van der Waals surface area contributed by atoms with Gasteiger partial charge in [-0.2, -0.15) is 0 Å². The van der Waals surface area contributed by atoms with Crippen LogP contribution in [0.25, 0.3) is 0 Å². The molecule has 0 heterocycles. The third-order valence-corrected chi connectivity index (χ3v) is 0.801. The zero-order valence-corrected chi connectivity index (χ0v) is 7.02. The van der Waals surface area contributed by atoms with Gasteiger partial charge in [-0.3, -0.25) is 9.59 Å². The molecule has 0 saturated carbocycles. The summed E-state index contributed by atoms with van der Waals surface area (Å²) in [5, 5.41) is 16.0. The van der Waals surface area contributed by atoms with E-state index in [0.717, 1.165) is 0 Å². The van der Waals surface area contributed by atoms with Crippen LogP contribution in [0.2, 0.25) is 0 Å². The van der Waals surface area contributed by atoms with Gasteiger partial charge in [0.1, 0.15) is 12.1 Å². The monoisotopic (exact) mass is 178 g/mol. The Morgan fingerprint density at radius 2 is 1.50 bits per heavy atom. The second-order valence-corrected chi connectivity index (χ2v) is 2.21. The molecule has 0 fully saturated rings. The molecule has 2 unspecified atom stereocenters. The highest BCUT2D eigenvalue weighted by Gasteiger charge is 1.99. The van der Waals surface area contributed by atoms with E-state index < -0.39 is 24.0 Å². The Kier molecular flexibility index (Phi) is 7.36. The fraction of sp³-hybridized carbons (Fsp3) is 0.667. The SMILES string of the molecule is CC(N)C(=O)O.CC(O)C(N)=O. The molecule has 0 spiro atoms. The number of aliphatic carboxylic acids is 1. The zero-order chi connectivity index (χ0) is 10.3. The maximum Gasteiger partial charge on any atom is 0.320 e. The van der Waals surface area contributed by atoms with E-state index >= 15 is 0 Å². The van der Waals surface area contributed by atoms with Gasteiger partial charge in [-0.05, 0) is 13.8 Å². The Morgan fingerprint density at radius 1 is 1.33 bits per heavy atom. The number of amides is 1. The van der Waals surface area contributed by atoms with E-state index in [2.05, 4.69) is 5.73 Å². The lowest BCUT2D eigenvalue weighted by molar-refractivity contribution is -0.138. The highest BCUT2D eigenvalue weighted by Crippen LogP contribution is 1.70. The molecule has 0 aromatic rings. The van der Waals surface area contributed by atoms with Crippen molar-refractivity contribution in [2.75, 3.05) is 0 Å². The van der Waals surface area contributed by atoms with E-state index in [-0.39, 0.29) is 0 Å². The minimum atomic E-state index is -1.01. The van der Waals surface area contributed by atoms with Gasteiger partial charge in [0.2, 0.25) is 5.91 Å². The van der Waals surface area contributed by atoms with Crippen molar-refractivity contribution in [1.82, 2.24) is 0 Å². The molecular formula is C6H14N2O4. The maximum atomic E-state index is 9.67. The Hall–Kier alpha value is -1.14. The molecule has 0 aliphatic carbocycles. The van der Waals surface area contributed by atoms with E-state index in [1.807, 2.05) is 0 Å². The summed E-state index contributed by atoms with van der Waals surface area (Å²) in [6, 6.07) is -0.731. The first kappa shape index (κ1) is 13.4. The molecule has 6 N–H and O–H groups in total. The molecule has 0 aliphatic heterocycles. The summed E-state index contributed by atoms with van der Waals surface area (Å²) in [4.78, 5) is 19.2. The smallest absolute Gasteiger partial charge is 0.320 e. The first-order valence-electron chi connectivity index (χ1n) is 3.24. The largest absolute Gasteiger partial charge is 0.480 e. The molecule has 1 amide bonds. The molecule has 0 aromatic heterocycles. The number of hydrogen-bond acceptors (Lipinski definition) is 4. The zero-order valence-electron chi connectivity index (χ0n) is 7.02. The highest BCUT2D eigenvalue weighted by molar-refractivity contribution is 5.77. The Balaban J connectivity index is 0. The van der Waals surface area contributed by atoms with Crippen molar-refractivity contribution >= 4 is 11.9 Å². The molecule has 0 aromatic carbocycles. The lowest BCUT2D eigenvalue weighted by Crippen LogP contribution is -2.25. The Bertz CT molecular complexity index is 138. The number of carboxylic acids is 1. The first-order chi connectivity index (χ1) is 5.29. The van der Waals surface area contributed by atoms with Crippen LogP contribution in [-0.4, -0.2) is 34.2 Å². The van der Waals surface area contributed by atoms with Gasteiger partial charge in [0, 0.05) is 0 Å². The molecule has 0 rings (SSSR count). The summed E-state index contributed by atoms with van der Waals surface area (Å²) < 4.78 is 0. The lowest BCUT2D eigenvalue weighted by atomic mass is 10.4. The Morgan fingerprint density at radius 3 is 1.50 bits per heavy atom. The number of aliphatic hydroxyl groups excluding tert-OH is 1. The van der Waals surface area contributed by atoms with Crippen LogP contribution >= 0.6 is 0 Å². The van der Waals surface area contributed by atoms with Crippen LogP contribution in [-0.2, 0) is 9.59 Å². The third kappa shape index (κ3) is 11.6. The van der Waals surface area contributed by atoms with Gasteiger partial charge in [0.15, 0.2) is 0 Å². The summed E-state index contributed by atoms with van der Waals surface area (Å²) in [5.41, 5.74) is 9.38. The van der Waals surface area contributed by atoms with Gasteiger partial charge >= 0.3 is 5.97 Å². The quantitative estimate of drug-likeness (QED) is 0.399. The molecule has 6 heteroatoms. The van der Waals surface area contributed by atoms with Crippen molar-refractivity contribution in [2.45, 2.75) is 26.0 Å². The van der Waals surface area contributed by atoms with Crippen molar-refractivity contribution < 1.29 is 19.8 Å². The van der Waals surface area contributed by atoms with Gasteiger partial charge in [-0.15, -0.1) is 0 Å². The Labute approximate surface area is 70.2 Å². The second-order valence-electron chi connectivity index (χ2n) is 2.21. The van der Waals surface area contributed by atoms with Crippen molar-refractivity contribution in [2.24, 2.45) is 11.5 Å².